The molecule has 1 amide bonds. The van der Waals surface area contributed by atoms with Crippen molar-refractivity contribution in [3.05, 3.63) is 62.6 Å². The van der Waals surface area contributed by atoms with E-state index >= 15 is 0 Å². The minimum absolute atomic E-state index is 0.0976. The van der Waals surface area contributed by atoms with Gasteiger partial charge in [0.15, 0.2) is 12.4 Å². The maximum Gasteiger partial charge on any atom is 0.344 e. The third-order valence-electron chi connectivity index (χ3n) is 3.42. The molecule has 2 rings (SSSR count). The molecule has 1 N–H and O–H groups in total. The number of ether oxygens (including phenoxy) is 2. The second-order valence-electron chi connectivity index (χ2n) is 5.54. The number of nitrogens with one attached hydrogen (secondary N) is 1. The second kappa shape index (κ2) is 10.7. The summed E-state index contributed by atoms with van der Waals surface area (Å²) in [6.45, 7) is 1.55. The molecule has 0 radical (unpaired) electrons. The standard InChI is InChI=1S/C20H15Cl3N2O4/c1-2-28-18(26)11-29-19-16(22)7-12(8-17(19)23)6-13(10-24)20(27)25-15-5-3-4-14(21)9-15/h3-9H,2,11H2,1H3,(H,25,27)/b13-6+. The van der Waals surface area contributed by atoms with E-state index in [1.165, 1.54) is 18.2 Å². The Kier molecular flexibility index (Phi) is 8.34. The Bertz CT molecular complexity index is 976. The Morgan fingerprint density at radius 2 is 1.86 bits per heavy atom. The molecule has 0 aliphatic rings. The molecule has 2 aromatic rings. The zero-order chi connectivity index (χ0) is 21.4. The quantitative estimate of drug-likeness (QED) is 0.356. The van der Waals surface area contributed by atoms with E-state index in [9.17, 15) is 14.9 Å². The molecule has 29 heavy (non-hydrogen) atoms. The van der Waals surface area contributed by atoms with Gasteiger partial charge in [-0.15, -0.1) is 0 Å². The van der Waals surface area contributed by atoms with E-state index in [1.807, 2.05) is 6.07 Å². The van der Waals surface area contributed by atoms with Crippen molar-refractivity contribution in [1.29, 1.82) is 5.26 Å². The molecule has 2 aromatic carbocycles. The third-order valence-corrected chi connectivity index (χ3v) is 4.22. The Labute approximate surface area is 182 Å². The number of carbonyl (C=O) groups excluding carboxylic acids is 2. The van der Waals surface area contributed by atoms with Crippen molar-refractivity contribution in [2.24, 2.45) is 0 Å². The highest BCUT2D eigenvalue weighted by Gasteiger charge is 2.14. The lowest BCUT2D eigenvalue weighted by atomic mass is 10.1. The number of hydrogen-bond acceptors (Lipinski definition) is 5. The van der Waals surface area contributed by atoms with Crippen molar-refractivity contribution in [2.45, 2.75) is 6.92 Å². The number of nitrogens with zero attached hydrogens (tertiary/aromatic N) is 1. The number of carbonyl (C=O) groups is 2. The van der Waals surface area contributed by atoms with Crippen molar-refractivity contribution < 1.29 is 19.1 Å². The molecule has 0 fully saturated rings. The first-order chi connectivity index (χ1) is 13.8. The molecule has 0 aromatic heterocycles. The zero-order valence-electron chi connectivity index (χ0n) is 15.2. The van der Waals surface area contributed by atoms with Crippen LogP contribution < -0.4 is 10.1 Å². The summed E-state index contributed by atoms with van der Waals surface area (Å²) in [5.41, 5.74) is 0.681. The number of rotatable bonds is 7. The topological polar surface area (TPSA) is 88.4 Å². The van der Waals surface area contributed by atoms with E-state index < -0.39 is 11.9 Å². The maximum absolute atomic E-state index is 12.3. The van der Waals surface area contributed by atoms with Crippen LogP contribution in [0, 0.1) is 11.3 Å². The smallest absolute Gasteiger partial charge is 0.344 e. The van der Waals surface area contributed by atoms with Crippen molar-refractivity contribution in [1.82, 2.24) is 0 Å². The maximum atomic E-state index is 12.3. The van der Waals surface area contributed by atoms with Gasteiger partial charge in [-0.25, -0.2) is 4.79 Å². The minimum atomic E-state index is -0.621. The lowest BCUT2D eigenvalue weighted by Crippen LogP contribution is -2.15. The van der Waals surface area contributed by atoms with Crippen LogP contribution in [0.25, 0.3) is 6.08 Å². The highest BCUT2D eigenvalue weighted by atomic mass is 35.5. The molecule has 0 spiro atoms. The Morgan fingerprint density at radius 1 is 1.17 bits per heavy atom. The van der Waals surface area contributed by atoms with Crippen molar-refractivity contribution >= 4 is 58.4 Å². The van der Waals surface area contributed by atoms with Crippen molar-refractivity contribution in [3.8, 4) is 11.8 Å². The van der Waals surface area contributed by atoms with E-state index in [2.05, 4.69) is 5.32 Å². The highest BCUT2D eigenvalue weighted by molar-refractivity contribution is 6.37. The lowest BCUT2D eigenvalue weighted by Gasteiger charge is -2.10. The van der Waals surface area contributed by atoms with E-state index in [0.717, 1.165) is 0 Å². The Hall–Kier alpha value is -2.72. The molecule has 6 nitrogen and oxygen atoms in total. The average molecular weight is 454 g/mol. The second-order valence-corrected chi connectivity index (χ2v) is 6.79. The van der Waals surface area contributed by atoms with Gasteiger partial charge in [-0.3, -0.25) is 4.79 Å². The predicted octanol–water partition coefficient (Wildman–Crippen LogP) is 5.13. The van der Waals surface area contributed by atoms with E-state index in [1.54, 1.807) is 31.2 Å². The van der Waals surface area contributed by atoms with Gasteiger partial charge in [-0.05, 0) is 48.9 Å². The van der Waals surface area contributed by atoms with Crippen LogP contribution in [0.2, 0.25) is 15.1 Å². The molecule has 0 aliphatic heterocycles. The molecular formula is C20H15Cl3N2O4. The molecule has 0 unspecified atom stereocenters. The largest absolute Gasteiger partial charge is 0.479 e. The number of amides is 1. The van der Waals surface area contributed by atoms with Gasteiger partial charge < -0.3 is 14.8 Å². The molecule has 0 atom stereocenters. The highest BCUT2D eigenvalue weighted by Crippen LogP contribution is 2.35. The predicted molar refractivity (Wildman–Crippen MR) is 112 cm³/mol. The SMILES string of the molecule is CCOC(=O)COc1c(Cl)cc(/C=C(\C#N)C(=O)Nc2cccc(Cl)c2)cc1Cl. The zero-order valence-corrected chi connectivity index (χ0v) is 17.4. The summed E-state index contributed by atoms with van der Waals surface area (Å²) < 4.78 is 10.1. The summed E-state index contributed by atoms with van der Waals surface area (Å²) in [6.07, 6.45) is 1.33. The van der Waals surface area contributed by atoms with Crippen LogP contribution in [0.5, 0.6) is 5.75 Å². The summed E-state index contributed by atoms with van der Waals surface area (Å²) in [5, 5.41) is 12.6. The number of benzene rings is 2. The number of nitriles is 1. The first kappa shape index (κ1) is 22.6. The van der Waals surface area contributed by atoms with E-state index in [-0.39, 0.29) is 34.6 Å². The Morgan fingerprint density at radius 3 is 2.45 bits per heavy atom. The fraction of sp³-hybridized carbons (Fsp3) is 0.150. The third kappa shape index (κ3) is 6.68. The fourth-order valence-corrected chi connectivity index (χ4v) is 3.02. The van der Waals surface area contributed by atoms with Gasteiger partial charge in [0.1, 0.15) is 11.6 Å². The molecule has 150 valence electrons. The van der Waals surface area contributed by atoms with Crippen molar-refractivity contribution in [2.75, 3.05) is 18.5 Å². The van der Waals surface area contributed by atoms with Crippen molar-refractivity contribution in [3.63, 3.8) is 0 Å². The van der Waals surface area contributed by atoms with Gasteiger partial charge in [-0.1, -0.05) is 40.9 Å². The molecule has 0 aliphatic carbocycles. The van der Waals surface area contributed by atoms with Crippen LogP contribution in [0.15, 0.2) is 42.0 Å². The first-order valence-electron chi connectivity index (χ1n) is 8.30. The average Bonchev–Trinajstić information content (AvgIpc) is 2.65. The number of hydrogen-bond donors (Lipinski definition) is 1. The first-order valence-corrected chi connectivity index (χ1v) is 9.43. The number of esters is 1. The molecule has 0 saturated carbocycles. The van der Waals surface area contributed by atoms with Gasteiger partial charge in [0, 0.05) is 10.7 Å². The molecule has 0 bridgehead atoms. The van der Waals surface area contributed by atoms with Crippen LogP contribution in [-0.2, 0) is 14.3 Å². The number of halogens is 3. The van der Waals surface area contributed by atoms with E-state index in [0.29, 0.717) is 16.3 Å². The number of anilines is 1. The molecule has 0 saturated heterocycles. The fourth-order valence-electron chi connectivity index (χ4n) is 2.21. The molecule has 0 heterocycles. The van der Waals surface area contributed by atoms with Gasteiger partial charge in [-0.2, -0.15) is 5.26 Å². The minimum Gasteiger partial charge on any atom is -0.479 e. The summed E-state index contributed by atoms with van der Waals surface area (Å²) in [5.74, 6) is -1.09. The van der Waals surface area contributed by atoms with Gasteiger partial charge >= 0.3 is 5.97 Å². The van der Waals surface area contributed by atoms with Gasteiger partial charge in [0.05, 0.1) is 16.7 Å². The Balaban J connectivity index is 2.19. The van der Waals surface area contributed by atoms with Gasteiger partial charge in [0.25, 0.3) is 5.91 Å². The van der Waals surface area contributed by atoms with E-state index in [4.69, 9.17) is 44.3 Å². The van der Waals surface area contributed by atoms with Crippen LogP contribution in [0.3, 0.4) is 0 Å². The van der Waals surface area contributed by atoms with Crippen LogP contribution in [-0.4, -0.2) is 25.1 Å². The van der Waals surface area contributed by atoms with Crippen LogP contribution in [0.1, 0.15) is 12.5 Å². The normalized spacial score (nSPS) is 10.8. The summed E-state index contributed by atoms with van der Waals surface area (Å²) in [7, 11) is 0. The van der Waals surface area contributed by atoms with Crippen LogP contribution in [0.4, 0.5) is 5.69 Å². The lowest BCUT2D eigenvalue weighted by molar-refractivity contribution is -0.145. The monoisotopic (exact) mass is 452 g/mol. The summed E-state index contributed by atoms with van der Waals surface area (Å²) in [4.78, 5) is 23.8. The molecular weight excluding hydrogens is 439 g/mol. The van der Waals surface area contributed by atoms with Crippen LogP contribution >= 0.6 is 34.8 Å². The molecule has 9 heteroatoms. The summed E-state index contributed by atoms with van der Waals surface area (Å²) >= 11 is 18.2. The summed E-state index contributed by atoms with van der Waals surface area (Å²) in [6, 6.07) is 11.3. The van der Waals surface area contributed by atoms with Gasteiger partial charge in [0.2, 0.25) is 0 Å².